The van der Waals surface area contributed by atoms with Crippen molar-refractivity contribution < 1.29 is 9.59 Å². The van der Waals surface area contributed by atoms with Gasteiger partial charge in [0.05, 0.1) is 5.92 Å². The second-order valence-corrected chi connectivity index (χ2v) is 9.63. The summed E-state index contributed by atoms with van der Waals surface area (Å²) in [6.07, 6.45) is 5.28. The fourth-order valence-corrected chi connectivity index (χ4v) is 5.01. The van der Waals surface area contributed by atoms with E-state index in [9.17, 15) is 14.4 Å². The van der Waals surface area contributed by atoms with E-state index >= 15 is 0 Å². The minimum atomic E-state index is -0.279. The molecule has 2 aliphatic rings. The van der Waals surface area contributed by atoms with Crippen LogP contribution in [0.15, 0.2) is 41.5 Å². The number of carbonyl (C=O) groups is 2. The highest BCUT2D eigenvalue weighted by atomic mass is 32.1. The second kappa shape index (κ2) is 9.30. The van der Waals surface area contributed by atoms with Crippen LogP contribution in [0.25, 0.3) is 10.3 Å². The summed E-state index contributed by atoms with van der Waals surface area (Å²) in [4.78, 5) is 48.7. The highest BCUT2D eigenvalue weighted by molar-refractivity contribution is 7.22. The molecule has 0 spiro atoms. The lowest BCUT2D eigenvalue weighted by molar-refractivity contribution is -0.125. The van der Waals surface area contributed by atoms with Gasteiger partial charge < -0.3 is 15.5 Å². The highest BCUT2D eigenvalue weighted by Gasteiger charge is 2.31. The van der Waals surface area contributed by atoms with E-state index < -0.39 is 0 Å². The van der Waals surface area contributed by atoms with E-state index in [1.807, 2.05) is 30.3 Å². The smallest absolute Gasteiger partial charge is 0.273 e. The predicted molar refractivity (Wildman–Crippen MR) is 126 cm³/mol. The number of anilines is 1. The van der Waals surface area contributed by atoms with Gasteiger partial charge in [0.1, 0.15) is 17.6 Å². The van der Waals surface area contributed by atoms with Crippen LogP contribution in [0.5, 0.6) is 0 Å². The topological polar surface area (TPSA) is 109 Å². The lowest BCUT2D eigenvalue weighted by atomic mass is 9.97. The molecule has 0 unspecified atom stereocenters. The largest absolute Gasteiger partial charge is 0.353 e. The molecule has 1 atom stereocenters. The van der Waals surface area contributed by atoms with Gasteiger partial charge in [-0.05, 0) is 31.2 Å². The van der Waals surface area contributed by atoms with E-state index in [1.54, 1.807) is 0 Å². The van der Waals surface area contributed by atoms with Crippen LogP contribution in [-0.4, -0.2) is 45.5 Å². The zero-order chi connectivity index (χ0) is 22.8. The van der Waals surface area contributed by atoms with Crippen molar-refractivity contribution in [2.24, 2.45) is 5.92 Å². The number of piperidine rings is 1. The minimum absolute atomic E-state index is 0.0655. The molecule has 2 fully saturated rings. The van der Waals surface area contributed by atoms with Crippen LogP contribution in [0.3, 0.4) is 0 Å². The number of rotatable bonds is 7. The molecule has 9 nitrogen and oxygen atoms in total. The first-order valence-corrected chi connectivity index (χ1v) is 12.1. The van der Waals surface area contributed by atoms with Crippen molar-refractivity contribution in [1.29, 1.82) is 0 Å². The average Bonchev–Trinajstić information content (AvgIpc) is 3.54. The number of aromatic nitrogens is 3. The number of nitrogens with zero attached hydrogens (tertiary/aromatic N) is 4. The lowest BCUT2D eigenvalue weighted by Crippen LogP contribution is -2.43. The van der Waals surface area contributed by atoms with E-state index in [0.717, 1.165) is 37.8 Å². The van der Waals surface area contributed by atoms with Crippen molar-refractivity contribution in [3.05, 3.63) is 52.6 Å². The summed E-state index contributed by atoms with van der Waals surface area (Å²) in [5.41, 5.74) is 1.09. The summed E-state index contributed by atoms with van der Waals surface area (Å²) >= 11 is 1.28. The molecule has 1 saturated heterocycles. The molecule has 2 amide bonds. The number of hydrogen-bond donors (Lipinski definition) is 2. The molecular formula is C23H26N6O3S. The van der Waals surface area contributed by atoms with Crippen molar-refractivity contribution in [2.75, 3.05) is 18.0 Å². The van der Waals surface area contributed by atoms with Crippen molar-refractivity contribution in [3.63, 3.8) is 0 Å². The van der Waals surface area contributed by atoms with E-state index in [1.165, 1.54) is 22.2 Å². The van der Waals surface area contributed by atoms with Gasteiger partial charge >= 0.3 is 0 Å². The number of fused-ring (bicyclic) bond motifs is 1. The molecule has 1 aliphatic heterocycles. The third kappa shape index (κ3) is 5.05. The summed E-state index contributed by atoms with van der Waals surface area (Å²) in [5, 5.41) is 6.62. The fraction of sp³-hybridized carbons (Fsp3) is 0.435. The second-order valence-electron chi connectivity index (χ2n) is 8.66. The maximum atomic E-state index is 13.0. The van der Waals surface area contributed by atoms with Gasteiger partial charge in [0.25, 0.3) is 5.56 Å². The van der Waals surface area contributed by atoms with E-state index in [4.69, 9.17) is 0 Å². The minimum Gasteiger partial charge on any atom is -0.353 e. The zero-order valence-corrected chi connectivity index (χ0v) is 19.0. The molecular weight excluding hydrogens is 440 g/mol. The zero-order valence-electron chi connectivity index (χ0n) is 18.2. The van der Waals surface area contributed by atoms with E-state index in [2.05, 4.69) is 25.5 Å². The first-order valence-electron chi connectivity index (χ1n) is 11.3. The Kier molecular flexibility index (Phi) is 6.08. The molecule has 3 heterocycles. The third-order valence-electron chi connectivity index (χ3n) is 6.01. The molecule has 2 N–H and O–H groups in total. The van der Waals surface area contributed by atoms with Crippen molar-refractivity contribution in [2.45, 2.75) is 44.8 Å². The Balaban J connectivity index is 1.26. The standard InChI is InChI=1S/C23H26N6O3S/c30-18(24-11-15-5-2-1-3-6-15)13-29-14-25-20-19(22(29)32)33-23(27-20)28-10-4-7-16(12-28)21(31)26-17-8-9-17/h1-3,5-6,14,16-17H,4,7-13H2,(H,24,30)(H,26,31)/t16-/m0/s1. The van der Waals surface area contributed by atoms with Gasteiger partial charge in [-0.2, -0.15) is 4.98 Å². The van der Waals surface area contributed by atoms with E-state index in [-0.39, 0.29) is 29.8 Å². The maximum Gasteiger partial charge on any atom is 0.273 e. The summed E-state index contributed by atoms with van der Waals surface area (Å²) in [6.45, 7) is 1.69. The number of thiazole rings is 1. The van der Waals surface area contributed by atoms with Crippen molar-refractivity contribution in [1.82, 2.24) is 25.2 Å². The van der Waals surface area contributed by atoms with Crippen LogP contribution in [0.4, 0.5) is 5.13 Å². The van der Waals surface area contributed by atoms with Gasteiger partial charge in [-0.3, -0.25) is 19.0 Å². The molecule has 172 valence electrons. The first-order chi connectivity index (χ1) is 16.1. The molecule has 1 aliphatic carbocycles. The molecule has 1 aromatic carbocycles. The molecule has 10 heteroatoms. The first kappa shape index (κ1) is 21.6. The van der Waals surface area contributed by atoms with Gasteiger partial charge in [0, 0.05) is 25.7 Å². The Morgan fingerprint density at radius 1 is 1.15 bits per heavy atom. The van der Waals surface area contributed by atoms with Gasteiger partial charge in [-0.1, -0.05) is 41.7 Å². The number of amides is 2. The summed E-state index contributed by atoms with van der Waals surface area (Å²) in [5.74, 6) is -0.206. The number of benzene rings is 1. The lowest BCUT2D eigenvalue weighted by Gasteiger charge is -2.31. The molecule has 2 aromatic heterocycles. The molecule has 33 heavy (non-hydrogen) atoms. The average molecular weight is 467 g/mol. The van der Waals surface area contributed by atoms with Crippen LogP contribution in [0, 0.1) is 5.92 Å². The van der Waals surface area contributed by atoms with Crippen molar-refractivity contribution >= 4 is 38.6 Å². The molecule has 3 aromatic rings. The maximum absolute atomic E-state index is 13.0. The number of nitrogens with one attached hydrogen (secondary N) is 2. The molecule has 0 radical (unpaired) electrons. The number of carbonyl (C=O) groups excluding carboxylic acids is 2. The Morgan fingerprint density at radius 3 is 2.76 bits per heavy atom. The Bertz CT molecular complexity index is 1220. The van der Waals surface area contributed by atoms with Gasteiger partial charge in [0.2, 0.25) is 11.8 Å². The van der Waals surface area contributed by atoms with Crippen LogP contribution >= 0.6 is 11.3 Å². The molecule has 0 bridgehead atoms. The van der Waals surface area contributed by atoms with Crippen LogP contribution in [-0.2, 0) is 22.7 Å². The summed E-state index contributed by atoms with van der Waals surface area (Å²) in [6, 6.07) is 9.95. The Labute approximate surface area is 194 Å². The van der Waals surface area contributed by atoms with Crippen LogP contribution < -0.4 is 21.1 Å². The van der Waals surface area contributed by atoms with Crippen LogP contribution in [0.1, 0.15) is 31.2 Å². The van der Waals surface area contributed by atoms with E-state index in [0.29, 0.717) is 34.6 Å². The highest BCUT2D eigenvalue weighted by Crippen LogP contribution is 2.30. The Hall–Kier alpha value is -3.27. The Morgan fingerprint density at radius 2 is 1.97 bits per heavy atom. The summed E-state index contributed by atoms with van der Waals surface area (Å²) < 4.78 is 1.74. The SMILES string of the molecule is O=C(Cn1cnc2nc(N3CCC[C@H](C(=O)NC4CC4)C3)sc2c1=O)NCc1ccccc1. The number of hydrogen-bond acceptors (Lipinski definition) is 7. The van der Waals surface area contributed by atoms with Crippen LogP contribution in [0.2, 0.25) is 0 Å². The molecule has 1 saturated carbocycles. The third-order valence-corrected chi connectivity index (χ3v) is 7.10. The normalized spacial score (nSPS) is 18.3. The quantitative estimate of drug-likeness (QED) is 0.548. The van der Waals surface area contributed by atoms with Gasteiger partial charge in [0.15, 0.2) is 10.8 Å². The fourth-order valence-electron chi connectivity index (χ4n) is 4.00. The summed E-state index contributed by atoms with van der Waals surface area (Å²) in [7, 11) is 0. The molecule has 5 rings (SSSR count). The van der Waals surface area contributed by atoms with Gasteiger partial charge in [-0.15, -0.1) is 0 Å². The monoisotopic (exact) mass is 466 g/mol. The predicted octanol–water partition coefficient (Wildman–Crippen LogP) is 1.66. The van der Waals surface area contributed by atoms with Gasteiger partial charge in [-0.25, -0.2) is 4.98 Å². The van der Waals surface area contributed by atoms with Crippen molar-refractivity contribution in [3.8, 4) is 0 Å².